The molecule has 4 N–H and O–H groups in total. The number of aromatic amines is 2. The van der Waals surface area contributed by atoms with Crippen molar-refractivity contribution in [2.75, 3.05) is 5.88 Å². The van der Waals surface area contributed by atoms with Crippen LogP contribution in [0.5, 0.6) is 0 Å². The van der Waals surface area contributed by atoms with E-state index in [2.05, 4.69) is 9.97 Å². The van der Waals surface area contributed by atoms with Crippen molar-refractivity contribution >= 4 is 23.5 Å². The lowest BCUT2D eigenvalue weighted by atomic mass is 9.90. The maximum Gasteiger partial charge on any atom is 0.352 e. The number of halogens is 1. The summed E-state index contributed by atoms with van der Waals surface area (Å²) in [6.07, 6.45) is 1.92. The number of rotatable bonds is 8. The highest BCUT2D eigenvalue weighted by atomic mass is 35.5. The van der Waals surface area contributed by atoms with Crippen molar-refractivity contribution in [1.82, 2.24) is 9.97 Å². The fraction of sp³-hybridized carbons (Fsp3) is 0.474. The van der Waals surface area contributed by atoms with Gasteiger partial charge in [0.05, 0.1) is 0 Å². The normalized spacial score (nSPS) is 11.3. The Morgan fingerprint density at radius 3 is 1.58 bits per heavy atom. The van der Waals surface area contributed by atoms with Crippen LogP contribution in [0.4, 0.5) is 0 Å². The van der Waals surface area contributed by atoms with Crippen LogP contribution >= 0.6 is 11.6 Å². The minimum Gasteiger partial charge on any atom is -0.477 e. The molecular weight excluding hydrogens is 356 g/mol. The molecule has 26 heavy (non-hydrogen) atoms. The third-order valence-corrected chi connectivity index (χ3v) is 5.27. The smallest absolute Gasteiger partial charge is 0.352 e. The van der Waals surface area contributed by atoms with E-state index in [-0.39, 0.29) is 17.3 Å². The zero-order valence-corrected chi connectivity index (χ0v) is 16.3. The van der Waals surface area contributed by atoms with Crippen LogP contribution < -0.4 is 0 Å². The van der Waals surface area contributed by atoms with Gasteiger partial charge in [-0.15, -0.1) is 11.6 Å². The summed E-state index contributed by atoms with van der Waals surface area (Å²) in [5, 5.41) is 18.9. The summed E-state index contributed by atoms with van der Waals surface area (Å²) in [4.78, 5) is 29.2. The molecule has 0 aliphatic heterocycles. The lowest BCUT2D eigenvalue weighted by Gasteiger charge is -2.18. The maximum absolute atomic E-state index is 11.5. The van der Waals surface area contributed by atoms with Crippen LogP contribution in [0.15, 0.2) is 0 Å². The van der Waals surface area contributed by atoms with Gasteiger partial charge in [-0.05, 0) is 55.4 Å². The molecule has 2 rings (SSSR count). The van der Waals surface area contributed by atoms with E-state index in [1.54, 1.807) is 13.8 Å². The average Bonchev–Trinajstić information content (AvgIpc) is 3.09. The van der Waals surface area contributed by atoms with Crippen molar-refractivity contribution in [3.05, 3.63) is 45.0 Å². The summed E-state index contributed by atoms with van der Waals surface area (Å²) in [5.74, 6) is -1.84. The van der Waals surface area contributed by atoms with Gasteiger partial charge in [-0.3, -0.25) is 0 Å². The Labute approximate surface area is 157 Å². The molecule has 0 amide bonds. The molecule has 0 saturated heterocycles. The van der Waals surface area contributed by atoms with Crippen LogP contribution in [0.1, 0.15) is 80.8 Å². The van der Waals surface area contributed by atoms with Crippen molar-refractivity contribution < 1.29 is 19.8 Å². The van der Waals surface area contributed by atoms with Gasteiger partial charge in [0.1, 0.15) is 11.4 Å². The van der Waals surface area contributed by atoms with Gasteiger partial charge in [-0.2, -0.15) is 0 Å². The number of carbonyl (C=O) groups is 2. The first-order chi connectivity index (χ1) is 12.3. The Bertz CT molecular complexity index is 769. The van der Waals surface area contributed by atoms with Crippen molar-refractivity contribution in [1.29, 1.82) is 0 Å². The van der Waals surface area contributed by atoms with Crippen molar-refractivity contribution in [3.8, 4) is 0 Å². The highest BCUT2D eigenvalue weighted by Crippen LogP contribution is 2.36. The number of nitrogens with one attached hydrogen (secondary N) is 2. The summed E-state index contributed by atoms with van der Waals surface area (Å²) in [7, 11) is 0. The van der Waals surface area contributed by atoms with Gasteiger partial charge in [0.2, 0.25) is 0 Å². The summed E-state index contributed by atoms with van der Waals surface area (Å²) < 4.78 is 0. The van der Waals surface area contributed by atoms with Gasteiger partial charge >= 0.3 is 11.9 Å². The molecule has 6 nitrogen and oxygen atoms in total. The van der Waals surface area contributed by atoms with Crippen LogP contribution in [0.3, 0.4) is 0 Å². The van der Waals surface area contributed by atoms with Gasteiger partial charge in [-0.1, -0.05) is 13.8 Å². The zero-order chi connectivity index (χ0) is 19.6. The number of carboxylic acid groups (broad SMARTS) is 2. The second-order valence-corrected chi connectivity index (χ2v) is 6.76. The van der Waals surface area contributed by atoms with Crippen LogP contribution in [0.2, 0.25) is 0 Å². The number of hydrogen-bond acceptors (Lipinski definition) is 2. The van der Waals surface area contributed by atoms with Gasteiger partial charge in [0.15, 0.2) is 0 Å². The minimum atomic E-state index is -1.00. The largest absolute Gasteiger partial charge is 0.477 e. The molecule has 2 aromatic heterocycles. The SMILES string of the molecule is CCc1c(C(CCCl)c2[nH]c(C(=O)O)c(C)c2CC)[nH]c(C(=O)O)c1C. The molecule has 0 aliphatic carbocycles. The standard InChI is InChI=1S/C19H25ClN2O4/c1-5-11-9(3)14(18(23)24)21-16(11)13(7-8-20)17-12(6-2)10(4)15(22-17)19(25)26/h13,21-22H,5-8H2,1-4H3,(H,23,24)(H,25,26). The molecule has 0 saturated carbocycles. The highest BCUT2D eigenvalue weighted by Gasteiger charge is 2.29. The predicted molar refractivity (Wildman–Crippen MR) is 101 cm³/mol. The van der Waals surface area contributed by atoms with Gasteiger partial charge in [0, 0.05) is 23.2 Å². The summed E-state index contributed by atoms with van der Waals surface area (Å²) in [5.41, 5.74) is 5.29. The number of hydrogen-bond donors (Lipinski definition) is 4. The van der Waals surface area contributed by atoms with Crippen LogP contribution in [0.25, 0.3) is 0 Å². The Kier molecular flexibility index (Phi) is 6.18. The second-order valence-electron chi connectivity index (χ2n) is 6.38. The number of alkyl halides is 1. The summed E-state index contributed by atoms with van der Waals surface area (Å²) in [6.45, 7) is 7.55. The number of H-pyrrole nitrogens is 2. The fourth-order valence-corrected chi connectivity index (χ4v) is 4.01. The van der Waals surface area contributed by atoms with Gasteiger partial charge < -0.3 is 20.2 Å². The lowest BCUT2D eigenvalue weighted by Crippen LogP contribution is -2.09. The third-order valence-electron chi connectivity index (χ3n) is 5.05. The molecule has 0 fully saturated rings. The molecule has 142 valence electrons. The van der Waals surface area contributed by atoms with Crippen LogP contribution in [-0.4, -0.2) is 38.0 Å². The lowest BCUT2D eigenvalue weighted by molar-refractivity contribution is 0.0679. The molecule has 0 bridgehead atoms. The molecule has 2 heterocycles. The molecule has 2 aromatic rings. The molecule has 0 atom stereocenters. The highest BCUT2D eigenvalue weighted by molar-refractivity contribution is 6.17. The minimum absolute atomic E-state index is 0.177. The monoisotopic (exact) mass is 380 g/mol. The van der Waals surface area contributed by atoms with Crippen molar-refractivity contribution in [3.63, 3.8) is 0 Å². The summed E-state index contributed by atoms with van der Waals surface area (Å²) in [6, 6.07) is 0. The fourth-order valence-electron chi connectivity index (χ4n) is 3.79. The predicted octanol–water partition coefficient (Wildman–Crippen LogP) is 4.24. The number of carboxylic acids is 2. The Hall–Kier alpha value is -2.21. The molecule has 0 radical (unpaired) electrons. The van der Waals surface area contributed by atoms with Crippen molar-refractivity contribution in [2.24, 2.45) is 0 Å². The first kappa shape index (κ1) is 20.1. The maximum atomic E-state index is 11.5. The first-order valence-electron chi connectivity index (χ1n) is 8.73. The Morgan fingerprint density at radius 1 is 0.923 bits per heavy atom. The Balaban J connectivity index is 2.72. The van der Waals surface area contributed by atoms with Crippen LogP contribution in [-0.2, 0) is 12.8 Å². The van der Waals surface area contributed by atoms with E-state index >= 15 is 0 Å². The van der Waals surface area contributed by atoms with Crippen LogP contribution in [0, 0.1) is 13.8 Å². The van der Waals surface area contributed by atoms with E-state index < -0.39 is 11.9 Å². The van der Waals surface area contributed by atoms with E-state index in [9.17, 15) is 19.8 Å². The van der Waals surface area contributed by atoms with Gasteiger partial charge in [-0.25, -0.2) is 9.59 Å². The molecule has 0 spiro atoms. The molecule has 0 aliphatic rings. The van der Waals surface area contributed by atoms with Gasteiger partial charge in [0.25, 0.3) is 0 Å². The summed E-state index contributed by atoms with van der Waals surface area (Å²) >= 11 is 6.04. The second kappa shape index (κ2) is 7.99. The van der Waals surface area contributed by atoms with E-state index in [4.69, 9.17) is 11.6 Å². The molecule has 0 unspecified atom stereocenters. The molecule has 0 aromatic carbocycles. The quantitative estimate of drug-likeness (QED) is 0.514. The van der Waals surface area contributed by atoms with E-state index in [1.165, 1.54) is 0 Å². The zero-order valence-electron chi connectivity index (χ0n) is 15.5. The first-order valence-corrected chi connectivity index (χ1v) is 9.26. The topological polar surface area (TPSA) is 106 Å². The average molecular weight is 381 g/mol. The number of aromatic carboxylic acids is 2. The Morgan fingerprint density at radius 2 is 1.31 bits per heavy atom. The van der Waals surface area contributed by atoms with E-state index in [0.29, 0.717) is 36.3 Å². The molecular formula is C19H25ClN2O4. The third kappa shape index (κ3) is 3.38. The van der Waals surface area contributed by atoms with Crippen molar-refractivity contribution in [2.45, 2.75) is 52.9 Å². The van der Waals surface area contributed by atoms with E-state index in [0.717, 1.165) is 22.5 Å². The molecule has 7 heteroatoms. The van der Waals surface area contributed by atoms with E-state index in [1.807, 2.05) is 13.8 Å². The number of aromatic nitrogens is 2.